The molecule has 0 bridgehead atoms. The van der Waals surface area contributed by atoms with Gasteiger partial charge in [0.15, 0.2) is 0 Å². The van der Waals surface area contributed by atoms with Gasteiger partial charge >= 0.3 is 5.97 Å². The third-order valence-electron chi connectivity index (χ3n) is 4.98. The lowest BCUT2D eigenvalue weighted by Gasteiger charge is -2.37. The van der Waals surface area contributed by atoms with Gasteiger partial charge < -0.3 is 9.64 Å². The number of fused-ring (bicyclic) bond motifs is 1. The number of hydrogen-bond acceptors (Lipinski definition) is 7. The fraction of sp³-hybridized carbons (Fsp3) is 0.381. The molecule has 0 atom stereocenters. The summed E-state index contributed by atoms with van der Waals surface area (Å²) in [7, 11) is 0. The molecule has 1 aliphatic heterocycles. The molecule has 0 N–H and O–H groups in total. The van der Waals surface area contributed by atoms with Gasteiger partial charge in [0.05, 0.1) is 28.5 Å². The second-order valence-electron chi connectivity index (χ2n) is 6.88. The van der Waals surface area contributed by atoms with Crippen LogP contribution in [0.15, 0.2) is 35.8 Å². The lowest BCUT2D eigenvalue weighted by atomic mass is 10.1. The highest BCUT2D eigenvalue weighted by atomic mass is 32.1. The summed E-state index contributed by atoms with van der Waals surface area (Å²) in [6.07, 6.45) is 1.65. The van der Waals surface area contributed by atoms with E-state index in [1.54, 1.807) is 17.5 Å². The van der Waals surface area contributed by atoms with Crippen molar-refractivity contribution in [1.82, 2.24) is 14.9 Å². The van der Waals surface area contributed by atoms with Crippen molar-refractivity contribution in [2.75, 3.05) is 37.7 Å². The normalized spacial score (nSPS) is 15.1. The van der Waals surface area contributed by atoms with E-state index in [-0.39, 0.29) is 5.97 Å². The highest BCUT2D eigenvalue weighted by Crippen LogP contribution is 2.31. The van der Waals surface area contributed by atoms with Crippen molar-refractivity contribution in [3.63, 3.8) is 0 Å². The number of esters is 1. The van der Waals surface area contributed by atoms with Crippen molar-refractivity contribution >= 4 is 33.9 Å². The number of anilines is 1. The Morgan fingerprint density at radius 2 is 2.00 bits per heavy atom. The van der Waals surface area contributed by atoms with Gasteiger partial charge in [-0.3, -0.25) is 9.88 Å². The first-order chi connectivity index (χ1) is 13.7. The first kappa shape index (κ1) is 18.8. The maximum absolute atomic E-state index is 12.6. The molecule has 0 amide bonds. The number of aromatic nitrogens is 2. The molecular formula is C21H24N4O2S. The molecule has 0 aliphatic carbocycles. The number of nitrogens with zero attached hydrogens (tertiary/aromatic N) is 4. The summed E-state index contributed by atoms with van der Waals surface area (Å²) in [5, 5.41) is 4.24. The number of piperazine rings is 1. The van der Waals surface area contributed by atoms with E-state index >= 15 is 0 Å². The highest BCUT2D eigenvalue weighted by Gasteiger charge is 2.25. The monoisotopic (exact) mass is 396 g/mol. The summed E-state index contributed by atoms with van der Waals surface area (Å²) in [6.45, 7) is 8.65. The molecule has 3 aromatic rings. The smallest absolute Gasteiger partial charge is 0.341 e. The Balaban J connectivity index is 1.58. The van der Waals surface area contributed by atoms with Crippen molar-refractivity contribution in [3.05, 3.63) is 52.1 Å². The van der Waals surface area contributed by atoms with Crippen molar-refractivity contribution in [3.8, 4) is 0 Å². The summed E-state index contributed by atoms with van der Waals surface area (Å²) in [5.41, 5.74) is 3.51. The van der Waals surface area contributed by atoms with Crippen LogP contribution in [0.1, 0.15) is 28.0 Å². The zero-order chi connectivity index (χ0) is 19.5. The average molecular weight is 397 g/mol. The molecule has 1 aliphatic rings. The molecule has 0 spiro atoms. The SMILES string of the molecule is CCOC(=O)c1cnc2ccccc2c1N1CCN(Cc2csc(C)n2)CC1. The lowest BCUT2D eigenvalue weighted by Crippen LogP contribution is -2.46. The van der Waals surface area contributed by atoms with Gasteiger partial charge in [0, 0.05) is 49.7 Å². The number of benzene rings is 1. The Morgan fingerprint density at radius 3 is 2.71 bits per heavy atom. The van der Waals surface area contributed by atoms with Crippen LogP contribution in [0.25, 0.3) is 10.9 Å². The van der Waals surface area contributed by atoms with Crippen molar-refractivity contribution in [1.29, 1.82) is 0 Å². The van der Waals surface area contributed by atoms with Gasteiger partial charge in [-0.05, 0) is 19.9 Å². The Labute approximate surface area is 168 Å². The number of hydrogen-bond donors (Lipinski definition) is 0. The molecule has 3 heterocycles. The summed E-state index contributed by atoms with van der Waals surface area (Å²) >= 11 is 1.70. The average Bonchev–Trinajstić information content (AvgIpc) is 3.12. The van der Waals surface area contributed by atoms with E-state index in [4.69, 9.17) is 4.74 Å². The maximum atomic E-state index is 12.6. The fourth-order valence-electron chi connectivity index (χ4n) is 3.67. The van der Waals surface area contributed by atoms with Crippen molar-refractivity contribution in [2.24, 2.45) is 0 Å². The van der Waals surface area contributed by atoms with E-state index in [1.807, 2.05) is 38.1 Å². The van der Waals surface area contributed by atoms with Crippen molar-refractivity contribution in [2.45, 2.75) is 20.4 Å². The van der Waals surface area contributed by atoms with E-state index < -0.39 is 0 Å². The Morgan fingerprint density at radius 1 is 1.21 bits per heavy atom. The van der Waals surface area contributed by atoms with Gasteiger partial charge in [0.25, 0.3) is 0 Å². The minimum absolute atomic E-state index is 0.309. The van der Waals surface area contributed by atoms with E-state index in [2.05, 4.69) is 25.1 Å². The van der Waals surface area contributed by atoms with Crippen LogP contribution in [0.5, 0.6) is 0 Å². The van der Waals surface area contributed by atoms with Gasteiger partial charge in [0.2, 0.25) is 0 Å². The van der Waals surface area contributed by atoms with Crippen LogP contribution in [-0.4, -0.2) is 53.6 Å². The number of pyridine rings is 1. The lowest BCUT2D eigenvalue weighted by molar-refractivity contribution is 0.0526. The zero-order valence-corrected chi connectivity index (χ0v) is 17.0. The van der Waals surface area contributed by atoms with Crippen LogP contribution in [0.4, 0.5) is 5.69 Å². The van der Waals surface area contributed by atoms with E-state index in [9.17, 15) is 4.79 Å². The Hall–Kier alpha value is -2.51. The molecule has 4 rings (SSSR count). The Bertz CT molecular complexity index is 979. The van der Waals surface area contributed by atoms with Crippen LogP contribution in [-0.2, 0) is 11.3 Å². The fourth-order valence-corrected chi connectivity index (χ4v) is 4.27. The first-order valence-corrected chi connectivity index (χ1v) is 10.5. The second-order valence-corrected chi connectivity index (χ2v) is 7.94. The summed E-state index contributed by atoms with van der Waals surface area (Å²) < 4.78 is 5.29. The highest BCUT2D eigenvalue weighted by molar-refractivity contribution is 7.09. The number of aryl methyl sites for hydroxylation is 1. The van der Waals surface area contributed by atoms with E-state index in [0.29, 0.717) is 12.2 Å². The van der Waals surface area contributed by atoms with Gasteiger partial charge in [-0.2, -0.15) is 0 Å². The topological polar surface area (TPSA) is 58.6 Å². The second kappa shape index (κ2) is 8.24. The quantitative estimate of drug-likeness (QED) is 0.615. The number of para-hydroxylation sites is 1. The molecule has 1 fully saturated rings. The zero-order valence-electron chi connectivity index (χ0n) is 16.2. The standard InChI is InChI=1S/C21H24N4O2S/c1-3-27-21(26)18-12-22-19-7-5-4-6-17(19)20(18)25-10-8-24(9-11-25)13-16-14-28-15(2)23-16/h4-7,12,14H,3,8-11,13H2,1-2H3. The predicted molar refractivity (Wildman–Crippen MR) is 112 cm³/mol. The molecule has 28 heavy (non-hydrogen) atoms. The number of ether oxygens (including phenoxy) is 1. The summed E-state index contributed by atoms with van der Waals surface area (Å²) in [5.74, 6) is -0.309. The van der Waals surface area contributed by atoms with Crippen LogP contribution >= 0.6 is 11.3 Å². The van der Waals surface area contributed by atoms with Crippen LogP contribution in [0.2, 0.25) is 0 Å². The molecule has 1 saturated heterocycles. The van der Waals surface area contributed by atoms with Crippen molar-refractivity contribution < 1.29 is 9.53 Å². The third kappa shape index (κ3) is 3.86. The number of carbonyl (C=O) groups is 1. The van der Waals surface area contributed by atoms with Gasteiger partial charge in [0.1, 0.15) is 5.56 Å². The molecular weight excluding hydrogens is 372 g/mol. The van der Waals surface area contributed by atoms with E-state index in [1.165, 1.54) is 0 Å². The van der Waals surface area contributed by atoms with E-state index in [0.717, 1.165) is 60.0 Å². The largest absolute Gasteiger partial charge is 0.462 e. The number of thiazole rings is 1. The Kier molecular flexibility index (Phi) is 5.54. The van der Waals surface area contributed by atoms with Crippen LogP contribution in [0.3, 0.4) is 0 Å². The third-order valence-corrected chi connectivity index (χ3v) is 5.81. The van der Waals surface area contributed by atoms with Gasteiger partial charge in [-0.25, -0.2) is 9.78 Å². The summed E-state index contributed by atoms with van der Waals surface area (Å²) in [4.78, 5) is 26.3. The van der Waals surface area contributed by atoms with Gasteiger partial charge in [-0.15, -0.1) is 11.3 Å². The molecule has 0 saturated carbocycles. The van der Waals surface area contributed by atoms with Gasteiger partial charge in [-0.1, -0.05) is 18.2 Å². The van der Waals surface area contributed by atoms with Crippen LogP contribution < -0.4 is 4.90 Å². The maximum Gasteiger partial charge on any atom is 0.341 e. The molecule has 0 unspecified atom stereocenters. The number of carbonyl (C=O) groups excluding carboxylic acids is 1. The molecule has 2 aromatic heterocycles. The predicted octanol–water partition coefficient (Wildman–Crippen LogP) is 3.50. The minimum atomic E-state index is -0.309. The first-order valence-electron chi connectivity index (χ1n) is 9.59. The molecule has 1 aromatic carbocycles. The minimum Gasteiger partial charge on any atom is -0.462 e. The molecule has 7 heteroatoms. The summed E-state index contributed by atoms with van der Waals surface area (Å²) in [6, 6.07) is 7.97. The molecule has 0 radical (unpaired) electrons. The van der Waals surface area contributed by atoms with Crippen LogP contribution in [0, 0.1) is 6.92 Å². The number of rotatable bonds is 5. The molecule has 146 valence electrons. The molecule has 6 nitrogen and oxygen atoms in total.